The molecule has 1 aliphatic rings. The highest BCUT2D eigenvalue weighted by atomic mass is 16.1. The van der Waals surface area contributed by atoms with Crippen LogP contribution in [0, 0.1) is 0 Å². The van der Waals surface area contributed by atoms with E-state index in [0.717, 1.165) is 32.3 Å². The lowest BCUT2D eigenvalue weighted by Crippen LogP contribution is -2.29. The molecular weight excluding hydrogens is 260 g/mol. The lowest BCUT2D eigenvalue weighted by Gasteiger charge is -2.28. The molecule has 3 heteroatoms. The van der Waals surface area contributed by atoms with Gasteiger partial charge < -0.3 is 9.47 Å². The third-order valence-electron chi connectivity index (χ3n) is 5.09. The predicted molar refractivity (Wildman–Crippen MR) is 86.6 cm³/mol. The van der Waals surface area contributed by atoms with Crippen molar-refractivity contribution in [3.8, 4) is 0 Å². The summed E-state index contributed by atoms with van der Waals surface area (Å²) in [6, 6.07) is 8.75. The van der Waals surface area contributed by atoms with Crippen LogP contribution in [0.3, 0.4) is 0 Å². The molecule has 0 fully saturated rings. The maximum atomic E-state index is 10.8. The molecule has 3 rings (SSSR count). The molecule has 1 amide bonds. The number of aromatic nitrogens is 1. The van der Waals surface area contributed by atoms with Crippen molar-refractivity contribution in [2.45, 2.75) is 45.1 Å². The summed E-state index contributed by atoms with van der Waals surface area (Å²) in [6.07, 6.45) is 4.31. The fraction of sp³-hybridized carbons (Fsp3) is 0.500. The van der Waals surface area contributed by atoms with Crippen LogP contribution in [0.4, 0.5) is 0 Å². The number of hydrogen-bond acceptors (Lipinski definition) is 1. The minimum Gasteiger partial charge on any atom is -0.348 e. The van der Waals surface area contributed by atoms with Crippen LogP contribution in [0.15, 0.2) is 24.3 Å². The lowest BCUT2D eigenvalue weighted by molar-refractivity contribution is -0.117. The van der Waals surface area contributed by atoms with E-state index >= 15 is 0 Å². The summed E-state index contributed by atoms with van der Waals surface area (Å²) in [4.78, 5) is 12.6. The van der Waals surface area contributed by atoms with Gasteiger partial charge in [0.25, 0.3) is 0 Å². The zero-order chi connectivity index (χ0) is 15.0. The highest BCUT2D eigenvalue weighted by molar-refractivity contribution is 5.86. The molecule has 1 aromatic carbocycles. The number of amides is 1. The van der Waals surface area contributed by atoms with Crippen LogP contribution >= 0.6 is 0 Å². The Kier molecular flexibility index (Phi) is 3.52. The number of carbonyl (C=O) groups is 1. The normalized spacial score (nSPS) is 20.7. The highest BCUT2D eigenvalue weighted by Gasteiger charge is 2.38. The van der Waals surface area contributed by atoms with Crippen molar-refractivity contribution in [2.75, 3.05) is 13.6 Å². The molecule has 1 atom stereocenters. The molecular formula is C18H24N2O. The fourth-order valence-electron chi connectivity index (χ4n) is 3.89. The second kappa shape index (κ2) is 5.21. The van der Waals surface area contributed by atoms with Gasteiger partial charge in [0.1, 0.15) is 0 Å². The van der Waals surface area contributed by atoms with Crippen LogP contribution in [-0.4, -0.2) is 29.5 Å². The van der Waals surface area contributed by atoms with Crippen LogP contribution in [-0.2, 0) is 23.2 Å². The largest absolute Gasteiger partial charge is 0.348 e. The Morgan fingerprint density at radius 2 is 2.14 bits per heavy atom. The van der Waals surface area contributed by atoms with Crippen molar-refractivity contribution >= 4 is 17.3 Å². The van der Waals surface area contributed by atoms with Gasteiger partial charge in [-0.15, -0.1) is 0 Å². The molecule has 21 heavy (non-hydrogen) atoms. The second-order valence-corrected chi connectivity index (χ2v) is 6.49. The number of aryl methyl sites for hydroxylation is 2. The van der Waals surface area contributed by atoms with E-state index in [4.69, 9.17) is 0 Å². The Hall–Kier alpha value is -1.77. The summed E-state index contributed by atoms with van der Waals surface area (Å²) >= 11 is 0. The molecule has 0 radical (unpaired) electrons. The number of nitrogens with zero attached hydrogens (tertiary/aromatic N) is 2. The van der Waals surface area contributed by atoms with E-state index in [1.807, 2.05) is 7.05 Å². The minimum absolute atomic E-state index is 0.182. The number of carbonyl (C=O) groups excluding carboxylic acids is 1. The number of para-hydroxylation sites is 1. The maximum Gasteiger partial charge on any atom is 0.209 e. The van der Waals surface area contributed by atoms with Crippen LogP contribution in [0.2, 0.25) is 0 Å². The molecule has 1 heterocycles. The topological polar surface area (TPSA) is 25.2 Å². The summed E-state index contributed by atoms with van der Waals surface area (Å²) in [5.41, 5.74) is 4.58. The van der Waals surface area contributed by atoms with Gasteiger partial charge in [-0.2, -0.15) is 0 Å². The van der Waals surface area contributed by atoms with E-state index in [9.17, 15) is 4.79 Å². The fourth-order valence-corrected chi connectivity index (χ4v) is 3.89. The molecule has 1 unspecified atom stereocenters. The molecule has 1 aromatic heterocycles. The van der Waals surface area contributed by atoms with Crippen molar-refractivity contribution < 1.29 is 4.79 Å². The number of rotatable bonds is 5. The molecule has 0 N–H and O–H groups in total. The Balaban J connectivity index is 2.06. The van der Waals surface area contributed by atoms with Crippen molar-refractivity contribution in [1.82, 2.24) is 9.47 Å². The molecule has 0 spiro atoms. The first-order chi connectivity index (χ1) is 10.1. The molecule has 0 saturated carbocycles. The van der Waals surface area contributed by atoms with Crippen LogP contribution in [0.1, 0.15) is 37.9 Å². The number of fused-ring (bicyclic) bond motifs is 3. The first kappa shape index (κ1) is 14.2. The third-order valence-corrected chi connectivity index (χ3v) is 5.09. The molecule has 0 saturated heterocycles. The molecule has 0 bridgehead atoms. The van der Waals surface area contributed by atoms with Gasteiger partial charge in [0.05, 0.1) is 0 Å². The van der Waals surface area contributed by atoms with Gasteiger partial charge in [-0.05, 0) is 37.8 Å². The zero-order valence-electron chi connectivity index (χ0n) is 13.2. The third kappa shape index (κ3) is 2.15. The monoisotopic (exact) mass is 284 g/mol. The van der Waals surface area contributed by atoms with Gasteiger partial charge >= 0.3 is 0 Å². The van der Waals surface area contributed by atoms with E-state index in [0.29, 0.717) is 0 Å². The van der Waals surface area contributed by atoms with Crippen LogP contribution in [0.5, 0.6) is 0 Å². The van der Waals surface area contributed by atoms with Crippen molar-refractivity contribution in [3.63, 3.8) is 0 Å². The summed E-state index contributed by atoms with van der Waals surface area (Å²) in [6.45, 7) is 6.42. The van der Waals surface area contributed by atoms with Crippen LogP contribution in [0.25, 0.3) is 10.9 Å². The lowest BCUT2D eigenvalue weighted by atomic mass is 9.84. The van der Waals surface area contributed by atoms with Gasteiger partial charge in [0.15, 0.2) is 0 Å². The van der Waals surface area contributed by atoms with Crippen LogP contribution < -0.4 is 0 Å². The minimum atomic E-state index is 0.182. The van der Waals surface area contributed by atoms with E-state index < -0.39 is 0 Å². The Labute approximate surface area is 126 Å². The first-order valence-electron chi connectivity index (χ1n) is 7.87. The molecule has 0 aliphatic heterocycles. The average Bonchev–Trinajstić information content (AvgIpc) is 3.01. The van der Waals surface area contributed by atoms with E-state index in [1.54, 1.807) is 4.90 Å². The molecule has 112 valence electrons. The average molecular weight is 284 g/mol. The van der Waals surface area contributed by atoms with Gasteiger partial charge in [-0.1, -0.05) is 25.1 Å². The van der Waals surface area contributed by atoms with Gasteiger partial charge in [0.2, 0.25) is 6.41 Å². The maximum absolute atomic E-state index is 10.8. The van der Waals surface area contributed by atoms with Gasteiger partial charge in [-0.3, -0.25) is 4.79 Å². The summed E-state index contributed by atoms with van der Waals surface area (Å²) in [5, 5.41) is 1.42. The predicted octanol–water partition coefficient (Wildman–Crippen LogP) is 3.34. The SMILES string of the molecule is CCn1c2c(c3ccccc31)CCC2(C)CCN(C)C=O. The highest BCUT2D eigenvalue weighted by Crippen LogP contribution is 2.45. The Morgan fingerprint density at radius 1 is 1.38 bits per heavy atom. The molecule has 1 aliphatic carbocycles. The van der Waals surface area contributed by atoms with Crippen molar-refractivity contribution in [1.29, 1.82) is 0 Å². The second-order valence-electron chi connectivity index (χ2n) is 6.49. The summed E-state index contributed by atoms with van der Waals surface area (Å²) in [5.74, 6) is 0. The number of hydrogen-bond donors (Lipinski definition) is 0. The standard InChI is InChI=1S/C18H24N2O/c1-4-20-16-8-6-5-7-14(16)15-9-10-18(2,17(15)20)11-12-19(3)13-21/h5-8,13H,4,9-12H2,1-3H3. The first-order valence-corrected chi connectivity index (χ1v) is 7.87. The summed E-state index contributed by atoms with van der Waals surface area (Å²) in [7, 11) is 1.86. The smallest absolute Gasteiger partial charge is 0.209 e. The molecule has 2 aromatic rings. The quantitative estimate of drug-likeness (QED) is 0.773. The van der Waals surface area contributed by atoms with Gasteiger partial charge in [-0.25, -0.2) is 0 Å². The Morgan fingerprint density at radius 3 is 2.86 bits per heavy atom. The molecule has 3 nitrogen and oxygen atoms in total. The van der Waals surface area contributed by atoms with Gasteiger partial charge in [0, 0.05) is 42.1 Å². The zero-order valence-corrected chi connectivity index (χ0v) is 13.2. The van der Waals surface area contributed by atoms with Crippen molar-refractivity contribution in [2.24, 2.45) is 0 Å². The van der Waals surface area contributed by atoms with E-state index in [2.05, 4.69) is 42.7 Å². The van der Waals surface area contributed by atoms with E-state index in [1.165, 1.54) is 28.6 Å². The van der Waals surface area contributed by atoms with Crippen molar-refractivity contribution in [3.05, 3.63) is 35.5 Å². The summed E-state index contributed by atoms with van der Waals surface area (Å²) < 4.78 is 2.48. The Bertz CT molecular complexity index is 658. The van der Waals surface area contributed by atoms with E-state index in [-0.39, 0.29) is 5.41 Å². The number of benzene rings is 1.